The first-order chi connectivity index (χ1) is 8.86. The molecule has 2 N–H and O–H groups in total. The van der Waals surface area contributed by atoms with Gasteiger partial charge in [-0.05, 0) is 56.5 Å². The van der Waals surface area contributed by atoms with E-state index in [-0.39, 0.29) is 24.4 Å². The molecule has 0 aromatic heterocycles. The van der Waals surface area contributed by atoms with E-state index in [1.807, 2.05) is 13.8 Å². The molecule has 1 aliphatic rings. The fourth-order valence-corrected chi connectivity index (χ4v) is 4.58. The molecular weight excluding hydrogens is 364 g/mol. The van der Waals surface area contributed by atoms with Crippen LogP contribution < -0.4 is 5.73 Å². The van der Waals surface area contributed by atoms with Crippen molar-refractivity contribution in [1.82, 2.24) is 4.31 Å². The molecule has 1 heterocycles. The first-order valence-electron chi connectivity index (χ1n) is 6.34. The maximum atomic E-state index is 12.6. The van der Waals surface area contributed by atoms with E-state index in [0.717, 1.165) is 16.5 Å². The van der Waals surface area contributed by atoms with Crippen LogP contribution in [0.4, 0.5) is 0 Å². The van der Waals surface area contributed by atoms with Crippen molar-refractivity contribution in [2.45, 2.75) is 31.2 Å². The summed E-state index contributed by atoms with van der Waals surface area (Å²) in [7, 11) is -3.41. The number of sulfonamides is 1. The van der Waals surface area contributed by atoms with E-state index in [1.54, 1.807) is 22.5 Å². The van der Waals surface area contributed by atoms with Gasteiger partial charge in [0.05, 0.1) is 4.90 Å². The van der Waals surface area contributed by atoms with Gasteiger partial charge in [-0.25, -0.2) is 8.42 Å². The van der Waals surface area contributed by atoms with E-state index in [9.17, 15) is 8.42 Å². The summed E-state index contributed by atoms with van der Waals surface area (Å²) in [4.78, 5) is 0.359. The molecule has 1 fully saturated rings. The molecule has 0 amide bonds. The van der Waals surface area contributed by atoms with Crippen LogP contribution >= 0.6 is 28.3 Å². The van der Waals surface area contributed by atoms with E-state index in [2.05, 4.69) is 15.9 Å². The zero-order valence-electron chi connectivity index (χ0n) is 11.5. The molecule has 7 heteroatoms. The van der Waals surface area contributed by atoms with E-state index >= 15 is 0 Å². The second-order valence-corrected chi connectivity index (χ2v) is 7.92. The Morgan fingerprint density at radius 3 is 2.60 bits per heavy atom. The summed E-state index contributed by atoms with van der Waals surface area (Å²) in [6.45, 7) is 4.89. The molecule has 1 saturated heterocycles. The fourth-order valence-electron chi connectivity index (χ4n) is 2.53. The average Bonchev–Trinajstić information content (AvgIpc) is 2.74. The fraction of sp³-hybridized carbons (Fsp3) is 0.538. The van der Waals surface area contributed by atoms with Gasteiger partial charge < -0.3 is 5.73 Å². The summed E-state index contributed by atoms with van der Waals surface area (Å²) in [5.41, 5.74) is 6.58. The summed E-state index contributed by atoms with van der Waals surface area (Å²) in [5, 5.41) is 0. The summed E-state index contributed by atoms with van der Waals surface area (Å²) in [6.07, 6.45) is 0.839. The predicted molar refractivity (Wildman–Crippen MR) is 86.6 cm³/mol. The van der Waals surface area contributed by atoms with Crippen molar-refractivity contribution < 1.29 is 8.42 Å². The minimum absolute atomic E-state index is 0. The third-order valence-corrected chi connectivity index (χ3v) is 6.54. The van der Waals surface area contributed by atoms with Gasteiger partial charge in [0.25, 0.3) is 0 Å². The molecule has 0 aliphatic carbocycles. The predicted octanol–water partition coefficient (Wildman–Crippen LogP) is 2.54. The van der Waals surface area contributed by atoms with Crippen LogP contribution in [-0.4, -0.2) is 31.9 Å². The van der Waals surface area contributed by atoms with Crippen molar-refractivity contribution in [3.63, 3.8) is 0 Å². The summed E-state index contributed by atoms with van der Waals surface area (Å²) >= 11 is 3.39. The zero-order valence-corrected chi connectivity index (χ0v) is 14.8. The van der Waals surface area contributed by atoms with Crippen molar-refractivity contribution in [2.75, 3.05) is 13.1 Å². The van der Waals surface area contributed by atoms with Gasteiger partial charge in [0, 0.05) is 17.1 Å². The second kappa shape index (κ2) is 6.75. The van der Waals surface area contributed by atoms with Crippen LogP contribution in [0.25, 0.3) is 0 Å². The minimum atomic E-state index is -3.41. The van der Waals surface area contributed by atoms with E-state index in [0.29, 0.717) is 18.0 Å². The van der Waals surface area contributed by atoms with Crippen molar-refractivity contribution in [3.05, 3.63) is 28.2 Å². The number of aryl methyl sites for hydroxylation is 1. The van der Waals surface area contributed by atoms with E-state index in [4.69, 9.17) is 5.73 Å². The number of nitrogens with zero attached hydrogens (tertiary/aromatic N) is 1. The van der Waals surface area contributed by atoms with Crippen molar-refractivity contribution in [1.29, 1.82) is 0 Å². The van der Waals surface area contributed by atoms with Crippen LogP contribution in [0.2, 0.25) is 0 Å². The Hall–Kier alpha value is -0.140. The monoisotopic (exact) mass is 382 g/mol. The van der Waals surface area contributed by atoms with E-state index < -0.39 is 10.0 Å². The lowest BCUT2D eigenvalue weighted by Crippen LogP contribution is -2.34. The van der Waals surface area contributed by atoms with Crippen LogP contribution in [0.15, 0.2) is 27.6 Å². The van der Waals surface area contributed by atoms with Gasteiger partial charge >= 0.3 is 0 Å². The molecule has 1 aliphatic heterocycles. The molecule has 2 unspecified atom stereocenters. The van der Waals surface area contributed by atoms with Crippen molar-refractivity contribution in [3.8, 4) is 0 Å². The summed E-state index contributed by atoms with van der Waals surface area (Å²) < 4.78 is 27.8. The van der Waals surface area contributed by atoms with Crippen LogP contribution in [0.1, 0.15) is 18.9 Å². The Morgan fingerprint density at radius 2 is 2.10 bits per heavy atom. The number of hydrogen-bond donors (Lipinski definition) is 1. The first kappa shape index (κ1) is 17.9. The topological polar surface area (TPSA) is 63.4 Å². The van der Waals surface area contributed by atoms with Crippen LogP contribution in [0, 0.1) is 12.8 Å². The van der Waals surface area contributed by atoms with Crippen LogP contribution in [0.3, 0.4) is 0 Å². The molecule has 20 heavy (non-hydrogen) atoms. The molecule has 4 nitrogen and oxygen atoms in total. The highest BCUT2D eigenvalue weighted by molar-refractivity contribution is 9.10. The molecule has 1 aromatic carbocycles. The number of halogens is 2. The normalized spacial score (nSPS) is 23.6. The van der Waals surface area contributed by atoms with Gasteiger partial charge in [0.1, 0.15) is 0 Å². The van der Waals surface area contributed by atoms with Crippen molar-refractivity contribution in [2.24, 2.45) is 11.7 Å². The molecular formula is C13H20BrClN2O2S. The van der Waals surface area contributed by atoms with E-state index in [1.165, 1.54) is 0 Å². The van der Waals surface area contributed by atoms with Gasteiger partial charge in [0.2, 0.25) is 10.0 Å². The van der Waals surface area contributed by atoms with Gasteiger partial charge in [-0.3, -0.25) is 0 Å². The molecule has 0 bridgehead atoms. The first-order valence-corrected chi connectivity index (χ1v) is 8.57. The number of rotatable bonds is 3. The molecule has 114 valence electrons. The summed E-state index contributed by atoms with van der Waals surface area (Å²) in [5.74, 6) is 0.265. The Bertz CT molecular complexity index is 580. The van der Waals surface area contributed by atoms with Crippen LogP contribution in [0.5, 0.6) is 0 Å². The SMILES string of the molecule is Cc1cc(S(=O)(=O)N2CC(CN)CC2C)ccc1Br.Cl. The number of hydrogen-bond acceptors (Lipinski definition) is 3. The van der Waals surface area contributed by atoms with Gasteiger partial charge in [-0.2, -0.15) is 4.31 Å². The average molecular weight is 384 g/mol. The van der Waals surface area contributed by atoms with Crippen LogP contribution in [-0.2, 0) is 10.0 Å². The molecule has 2 rings (SSSR count). The summed E-state index contributed by atoms with van der Waals surface area (Å²) in [6, 6.07) is 5.16. The quantitative estimate of drug-likeness (QED) is 0.872. The van der Waals surface area contributed by atoms with Crippen molar-refractivity contribution >= 4 is 38.4 Å². The molecule has 1 aromatic rings. The Kier molecular flexibility index (Phi) is 6.04. The lowest BCUT2D eigenvalue weighted by atomic mass is 10.1. The Labute approximate surface area is 135 Å². The molecule has 0 spiro atoms. The maximum Gasteiger partial charge on any atom is 0.243 e. The smallest absolute Gasteiger partial charge is 0.243 e. The Morgan fingerprint density at radius 1 is 1.45 bits per heavy atom. The minimum Gasteiger partial charge on any atom is -0.330 e. The van der Waals surface area contributed by atoms with Gasteiger partial charge in [-0.15, -0.1) is 12.4 Å². The third kappa shape index (κ3) is 3.36. The highest BCUT2D eigenvalue weighted by atomic mass is 79.9. The molecule has 0 saturated carbocycles. The zero-order chi connectivity index (χ0) is 14.2. The Balaban J connectivity index is 0.00000200. The molecule has 2 atom stereocenters. The second-order valence-electron chi connectivity index (χ2n) is 5.17. The third-order valence-electron chi connectivity index (χ3n) is 3.67. The lowest BCUT2D eigenvalue weighted by Gasteiger charge is -2.21. The lowest BCUT2D eigenvalue weighted by molar-refractivity contribution is 0.404. The highest BCUT2D eigenvalue weighted by Crippen LogP contribution is 2.30. The number of benzene rings is 1. The van der Waals surface area contributed by atoms with Gasteiger partial charge in [-0.1, -0.05) is 15.9 Å². The largest absolute Gasteiger partial charge is 0.330 e. The maximum absolute atomic E-state index is 12.6. The molecule has 0 radical (unpaired) electrons. The highest BCUT2D eigenvalue weighted by Gasteiger charge is 2.37. The van der Waals surface area contributed by atoms with Gasteiger partial charge in [0.15, 0.2) is 0 Å². The number of nitrogens with two attached hydrogens (primary N) is 1. The standard InChI is InChI=1S/C13H19BrN2O2S.ClH/c1-9-5-12(3-4-13(9)14)19(17,18)16-8-11(7-15)6-10(16)2;/h3-5,10-11H,6-8,15H2,1-2H3;1H.